The van der Waals surface area contributed by atoms with Crippen LogP contribution in [-0.4, -0.2) is 30.5 Å². The topological polar surface area (TPSA) is 58.4 Å². The summed E-state index contributed by atoms with van der Waals surface area (Å²) in [5, 5.41) is 4.30. The van der Waals surface area contributed by atoms with Crippen LogP contribution in [0.15, 0.2) is 47.1 Å². The molecule has 5 rings (SSSR count). The lowest BCUT2D eigenvalue weighted by atomic mass is 9.75. The molecule has 0 unspecified atom stereocenters. The molecule has 1 amide bonds. The molecular formula is C22H23N3O2S. The second-order valence-electron chi connectivity index (χ2n) is 7.69. The van der Waals surface area contributed by atoms with Crippen LogP contribution in [0.3, 0.4) is 0 Å². The van der Waals surface area contributed by atoms with Gasteiger partial charge in [-0.1, -0.05) is 18.2 Å². The average molecular weight is 394 g/mol. The Kier molecular flexibility index (Phi) is 4.33. The number of thiazole rings is 1. The average Bonchev–Trinajstić information content (AvgIpc) is 3.42. The first-order valence-electron chi connectivity index (χ1n) is 9.77. The molecule has 1 saturated heterocycles. The molecular weight excluding hydrogens is 370 g/mol. The van der Waals surface area contributed by atoms with Crippen LogP contribution < -0.4 is 10.2 Å². The minimum atomic E-state index is 0.0929. The van der Waals surface area contributed by atoms with Gasteiger partial charge in [-0.25, -0.2) is 4.98 Å². The van der Waals surface area contributed by atoms with E-state index in [1.165, 1.54) is 5.56 Å². The Morgan fingerprint density at radius 2 is 2.07 bits per heavy atom. The van der Waals surface area contributed by atoms with E-state index in [4.69, 9.17) is 9.40 Å². The number of amides is 1. The Bertz CT molecular complexity index is 1000. The van der Waals surface area contributed by atoms with Gasteiger partial charge in [0.1, 0.15) is 10.7 Å². The third-order valence-corrected chi connectivity index (χ3v) is 6.96. The van der Waals surface area contributed by atoms with Gasteiger partial charge in [-0.05, 0) is 56.6 Å². The predicted molar refractivity (Wildman–Crippen MR) is 111 cm³/mol. The number of rotatable bonds is 3. The van der Waals surface area contributed by atoms with Crippen LogP contribution in [0.2, 0.25) is 0 Å². The number of benzene rings is 1. The number of nitrogens with one attached hydrogen (secondary N) is 1. The number of carbonyl (C=O) groups is 1. The zero-order valence-electron chi connectivity index (χ0n) is 15.9. The second-order valence-corrected chi connectivity index (χ2v) is 8.98. The number of fused-ring (bicyclic) bond motifs is 2. The van der Waals surface area contributed by atoms with Gasteiger partial charge in [-0.2, -0.15) is 0 Å². The highest BCUT2D eigenvalue weighted by molar-refractivity contribution is 7.12. The first-order valence-corrected chi connectivity index (χ1v) is 10.6. The summed E-state index contributed by atoms with van der Waals surface area (Å²) in [7, 11) is 0. The molecule has 144 valence electrons. The van der Waals surface area contributed by atoms with Gasteiger partial charge in [-0.3, -0.25) is 4.79 Å². The van der Waals surface area contributed by atoms with E-state index in [0.717, 1.165) is 59.5 Å². The molecule has 0 radical (unpaired) electrons. The zero-order chi connectivity index (χ0) is 19.1. The number of carbonyl (C=O) groups excluding carboxylic acids is 1. The maximum atomic E-state index is 13.3. The number of anilines is 1. The van der Waals surface area contributed by atoms with E-state index in [-0.39, 0.29) is 11.3 Å². The molecule has 6 heteroatoms. The molecule has 2 aliphatic rings. The lowest BCUT2D eigenvalue weighted by Gasteiger charge is -2.34. The highest BCUT2D eigenvalue weighted by Crippen LogP contribution is 2.46. The van der Waals surface area contributed by atoms with Crippen molar-refractivity contribution in [2.45, 2.75) is 31.6 Å². The third-order valence-electron chi connectivity index (χ3n) is 5.99. The number of aryl methyl sites for hydroxylation is 1. The van der Waals surface area contributed by atoms with Gasteiger partial charge in [0.25, 0.3) is 0 Å². The molecule has 28 heavy (non-hydrogen) atoms. The minimum Gasteiger partial charge on any atom is -0.463 e. The molecule has 0 saturated carbocycles. The SMILES string of the molecule is Cc1sc(CC(=O)N2CC3(CCNCC3)c3ccccc32)nc1-c1ccco1. The number of nitrogens with zero attached hydrogens (tertiary/aromatic N) is 2. The van der Waals surface area contributed by atoms with E-state index < -0.39 is 0 Å². The number of piperidine rings is 1. The van der Waals surface area contributed by atoms with E-state index in [0.29, 0.717) is 6.42 Å². The minimum absolute atomic E-state index is 0.0929. The van der Waals surface area contributed by atoms with Crippen LogP contribution in [-0.2, 0) is 16.6 Å². The summed E-state index contributed by atoms with van der Waals surface area (Å²) in [5.74, 6) is 0.884. The maximum Gasteiger partial charge on any atom is 0.233 e. The van der Waals surface area contributed by atoms with Crippen LogP contribution in [0.4, 0.5) is 5.69 Å². The molecule has 1 spiro atoms. The second kappa shape index (κ2) is 6.87. The Morgan fingerprint density at radius 3 is 2.86 bits per heavy atom. The van der Waals surface area contributed by atoms with E-state index in [2.05, 4.69) is 23.5 Å². The van der Waals surface area contributed by atoms with Crippen LogP contribution in [0.1, 0.15) is 28.3 Å². The normalized spacial score (nSPS) is 17.8. The standard InChI is InChI=1S/C22H23N3O2S/c1-15-21(18-7-4-12-27-18)24-19(28-15)13-20(26)25-14-22(8-10-23-11-9-22)16-5-2-3-6-17(16)25/h2-7,12,23H,8-11,13-14H2,1H3. The van der Waals surface area contributed by atoms with E-state index >= 15 is 0 Å². The first kappa shape index (κ1) is 17.6. The summed E-state index contributed by atoms with van der Waals surface area (Å²) in [6.07, 6.45) is 4.13. The first-order chi connectivity index (χ1) is 13.7. The monoisotopic (exact) mass is 393 g/mol. The van der Waals surface area contributed by atoms with Gasteiger partial charge in [-0.15, -0.1) is 11.3 Å². The van der Waals surface area contributed by atoms with Crippen molar-refractivity contribution in [1.29, 1.82) is 0 Å². The highest BCUT2D eigenvalue weighted by Gasteiger charge is 2.44. The van der Waals surface area contributed by atoms with E-state index in [1.54, 1.807) is 17.6 Å². The Hall–Kier alpha value is -2.44. The summed E-state index contributed by atoms with van der Waals surface area (Å²) < 4.78 is 5.48. The fourth-order valence-corrected chi connectivity index (χ4v) is 5.51. The summed E-state index contributed by atoms with van der Waals surface area (Å²) in [6.45, 7) is 4.82. The molecule has 5 nitrogen and oxygen atoms in total. The van der Waals surface area contributed by atoms with Crippen molar-refractivity contribution in [3.8, 4) is 11.5 Å². The van der Waals surface area contributed by atoms with Gasteiger partial charge in [0.05, 0.1) is 12.7 Å². The fraction of sp³-hybridized carbons (Fsp3) is 0.364. The van der Waals surface area contributed by atoms with Crippen LogP contribution in [0.5, 0.6) is 0 Å². The molecule has 0 bridgehead atoms. The number of hydrogen-bond acceptors (Lipinski definition) is 5. The van der Waals surface area contributed by atoms with Crippen molar-refractivity contribution >= 4 is 22.9 Å². The molecule has 2 aromatic heterocycles. The zero-order valence-corrected chi connectivity index (χ0v) is 16.7. The summed E-state index contributed by atoms with van der Waals surface area (Å²) in [4.78, 5) is 21.0. The quantitative estimate of drug-likeness (QED) is 0.733. The van der Waals surface area contributed by atoms with E-state index in [9.17, 15) is 4.79 Å². The summed E-state index contributed by atoms with van der Waals surface area (Å²) in [5.41, 5.74) is 3.34. The number of furan rings is 1. The van der Waals surface area contributed by atoms with Crippen molar-refractivity contribution < 1.29 is 9.21 Å². The molecule has 0 aliphatic carbocycles. The molecule has 2 aliphatic heterocycles. The highest BCUT2D eigenvalue weighted by atomic mass is 32.1. The fourth-order valence-electron chi connectivity index (χ4n) is 4.58. The molecule has 1 N–H and O–H groups in total. The molecule has 3 aromatic rings. The van der Waals surface area contributed by atoms with Gasteiger partial charge in [0, 0.05) is 22.5 Å². The van der Waals surface area contributed by atoms with Gasteiger partial charge in [0.2, 0.25) is 5.91 Å². The van der Waals surface area contributed by atoms with Crippen LogP contribution in [0.25, 0.3) is 11.5 Å². The number of para-hydroxylation sites is 1. The van der Waals surface area contributed by atoms with Crippen molar-refractivity contribution in [3.05, 3.63) is 58.1 Å². The van der Waals surface area contributed by atoms with Gasteiger partial charge in [0.15, 0.2) is 5.76 Å². The van der Waals surface area contributed by atoms with Crippen molar-refractivity contribution in [2.24, 2.45) is 0 Å². The van der Waals surface area contributed by atoms with Gasteiger partial charge < -0.3 is 14.6 Å². The largest absolute Gasteiger partial charge is 0.463 e. The Morgan fingerprint density at radius 1 is 1.25 bits per heavy atom. The molecule has 1 aromatic carbocycles. The smallest absolute Gasteiger partial charge is 0.233 e. The lowest BCUT2D eigenvalue weighted by Crippen LogP contribution is -2.44. The summed E-state index contributed by atoms with van der Waals surface area (Å²) in [6, 6.07) is 12.2. The third kappa shape index (κ3) is 2.88. The molecule has 4 heterocycles. The van der Waals surface area contributed by atoms with Crippen molar-refractivity contribution in [3.63, 3.8) is 0 Å². The predicted octanol–water partition coefficient (Wildman–Crippen LogP) is 3.92. The van der Waals surface area contributed by atoms with Crippen LogP contribution >= 0.6 is 11.3 Å². The number of aromatic nitrogens is 1. The Balaban J connectivity index is 1.41. The Labute approximate surface area is 168 Å². The maximum absolute atomic E-state index is 13.3. The van der Waals surface area contributed by atoms with Crippen molar-refractivity contribution in [2.75, 3.05) is 24.5 Å². The number of hydrogen-bond donors (Lipinski definition) is 1. The lowest BCUT2D eigenvalue weighted by molar-refractivity contribution is -0.118. The van der Waals surface area contributed by atoms with Gasteiger partial charge >= 0.3 is 0 Å². The summed E-state index contributed by atoms with van der Waals surface area (Å²) >= 11 is 1.58. The molecule has 0 atom stereocenters. The van der Waals surface area contributed by atoms with Crippen molar-refractivity contribution in [1.82, 2.24) is 10.3 Å². The molecule has 1 fully saturated rings. The van der Waals surface area contributed by atoms with Crippen LogP contribution in [0, 0.1) is 6.92 Å². The van der Waals surface area contributed by atoms with E-state index in [1.807, 2.05) is 30.0 Å².